The summed E-state index contributed by atoms with van der Waals surface area (Å²) < 4.78 is 0. The maximum absolute atomic E-state index is 10.1. The van der Waals surface area contributed by atoms with Crippen LogP contribution in [0, 0.1) is 0 Å². The first-order valence-electron chi connectivity index (χ1n) is 9.91. The Morgan fingerprint density at radius 3 is 2.90 bits per heavy atom. The highest BCUT2D eigenvalue weighted by Crippen LogP contribution is 2.27. The van der Waals surface area contributed by atoms with Crippen molar-refractivity contribution >= 4 is 33.6 Å². The highest BCUT2D eigenvalue weighted by atomic mass is 16.3. The second-order valence-corrected chi connectivity index (χ2v) is 7.21. The molecule has 7 nitrogen and oxygen atoms in total. The fourth-order valence-electron chi connectivity index (χ4n) is 3.69. The van der Waals surface area contributed by atoms with Gasteiger partial charge in [-0.15, -0.1) is 0 Å². The normalized spacial score (nSPS) is 11.2. The molecule has 0 radical (unpaired) electrons. The standard InChI is InChI=1S/C23H22N6O/c30-20-3-1-2-19-22(20)17(14-27-19)7-10-25-23-26-11-8-21(29-23)28-13-15-4-5-18-16(12-15)6-9-24-18/h1-6,8-9,11-12,14,24,27,30H,7,10,13H2,(H2,25,26,28,29). The van der Waals surface area contributed by atoms with Crippen LogP contribution in [0.25, 0.3) is 21.8 Å². The van der Waals surface area contributed by atoms with Gasteiger partial charge in [-0.2, -0.15) is 4.98 Å². The Morgan fingerprint density at radius 2 is 1.93 bits per heavy atom. The van der Waals surface area contributed by atoms with E-state index in [9.17, 15) is 5.11 Å². The molecule has 5 N–H and O–H groups in total. The summed E-state index contributed by atoms with van der Waals surface area (Å²) in [5.74, 6) is 1.64. The van der Waals surface area contributed by atoms with Gasteiger partial charge in [-0.3, -0.25) is 0 Å². The van der Waals surface area contributed by atoms with E-state index in [4.69, 9.17) is 0 Å². The molecule has 0 unspecified atom stereocenters. The minimum atomic E-state index is 0.295. The number of hydrogen-bond donors (Lipinski definition) is 5. The van der Waals surface area contributed by atoms with Crippen molar-refractivity contribution in [3.8, 4) is 5.75 Å². The minimum absolute atomic E-state index is 0.295. The molecule has 0 aliphatic carbocycles. The van der Waals surface area contributed by atoms with E-state index in [-0.39, 0.29) is 0 Å². The number of benzene rings is 2. The van der Waals surface area contributed by atoms with Crippen LogP contribution in [0.15, 0.2) is 67.1 Å². The van der Waals surface area contributed by atoms with Gasteiger partial charge in [0.15, 0.2) is 0 Å². The second kappa shape index (κ2) is 7.79. The zero-order valence-electron chi connectivity index (χ0n) is 16.3. The van der Waals surface area contributed by atoms with Crippen molar-refractivity contribution in [3.05, 3.63) is 78.2 Å². The number of hydrogen-bond acceptors (Lipinski definition) is 5. The van der Waals surface area contributed by atoms with Gasteiger partial charge in [-0.1, -0.05) is 12.1 Å². The predicted octanol–water partition coefficient (Wildman–Crippen LogP) is 4.41. The van der Waals surface area contributed by atoms with E-state index < -0.39 is 0 Å². The Morgan fingerprint density at radius 1 is 0.967 bits per heavy atom. The van der Waals surface area contributed by atoms with Crippen LogP contribution in [0.1, 0.15) is 11.1 Å². The molecule has 0 amide bonds. The summed E-state index contributed by atoms with van der Waals surface area (Å²) in [7, 11) is 0. The number of nitrogens with one attached hydrogen (secondary N) is 4. The zero-order chi connectivity index (χ0) is 20.3. The SMILES string of the molecule is Oc1cccc2[nH]cc(CCNc3nccc(NCc4ccc5[nH]ccc5c4)n3)c12. The minimum Gasteiger partial charge on any atom is -0.507 e. The highest BCUT2D eigenvalue weighted by Gasteiger charge is 2.08. The van der Waals surface area contributed by atoms with Crippen LogP contribution < -0.4 is 10.6 Å². The number of aromatic amines is 2. The lowest BCUT2D eigenvalue weighted by atomic mass is 10.1. The highest BCUT2D eigenvalue weighted by molar-refractivity contribution is 5.89. The molecule has 0 atom stereocenters. The van der Waals surface area contributed by atoms with E-state index in [2.05, 4.69) is 54.8 Å². The van der Waals surface area contributed by atoms with Gasteiger partial charge in [0.05, 0.1) is 0 Å². The largest absolute Gasteiger partial charge is 0.507 e. The topological polar surface area (TPSA) is 102 Å². The van der Waals surface area contributed by atoms with E-state index in [0.717, 1.165) is 34.2 Å². The van der Waals surface area contributed by atoms with E-state index in [1.165, 1.54) is 10.9 Å². The molecule has 2 aromatic carbocycles. The van der Waals surface area contributed by atoms with Crippen molar-refractivity contribution in [1.82, 2.24) is 19.9 Å². The molecule has 5 rings (SSSR count). The molecular formula is C23H22N6O. The lowest BCUT2D eigenvalue weighted by Crippen LogP contribution is -2.09. The van der Waals surface area contributed by atoms with Crippen molar-refractivity contribution in [2.45, 2.75) is 13.0 Å². The molecule has 0 saturated heterocycles. The molecule has 30 heavy (non-hydrogen) atoms. The fraction of sp³-hybridized carbons (Fsp3) is 0.130. The average molecular weight is 398 g/mol. The van der Waals surface area contributed by atoms with Crippen molar-refractivity contribution in [1.29, 1.82) is 0 Å². The van der Waals surface area contributed by atoms with E-state index >= 15 is 0 Å². The van der Waals surface area contributed by atoms with Crippen molar-refractivity contribution in [3.63, 3.8) is 0 Å². The number of aromatic nitrogens is 4. The van der Waals surface area contributed by atoms with Crippen LogP contribution >= 0.6 is 0 Å². The van der Waals surface area contributed by atoms with Crippen LogP contribution in [-0.4, -0.2) is 31.6 Å². The summed E-state index contributed by atoms with van der Waals surface area (Å²) in [4.78, 5) is 15.2. The number of nitrogens with zero attached hydrogens (tertiary/aromatic N) is 2. The zero-order valence-corrected chi connectivity index (χ0v) is 16.3. The second-order valence-electron chi connectivity index (χ2n) is 7.21. The number of anilines is 2. The molecule has 3 heterocycles. The summed E-state index contributed by atoms with van der Waals surface area (Å²) in [6.45, 7) is 1.35. The summed E-state index contributed by atoms with van der Waals surface area (Å²) in [6, 6.07) is 15.8. The summed E-state index contributed by atoms with van der Waals surface area (Å²) in [5.41, 5.74) is 4.32. The first kappa shape index (κ1) is 18.1. The summed E-state index contributed by atoms with van der Waals surface area (Å²) in [6.07, 6.45) is 6.37. The average Bonchev–Trinajstić information content (AvgIpc) is 3.40. The smallest absolute Gasteiger partial charge is 0.224 e. The Bertz CT molecular complexity index is 1310. The summed E-state index contributed by atoms with van der Waals surface area (Å²) >= 11 is 0. The van der Waals surface area contributed by atoms with Gasteiger partial charge >= 0.3 is 0 Å². The van der Waals surface area contributed by atoms with Crippen LogP contribution in [-0.2, 0) is 13.0 Å². The molecule has 0 bridgehead atoms. The van der Waals surface area contributed by atoms with Crippen molar-refractivity contribution < 1.29 is 5.11 Å². The predicted molar refractivity (Wildman–Crippen MR) is 120 cm³/mol. The third kappa shape index (κ3) is 3.65. The quantitative estimate of drug-likeness (QED) is 0.279. The fourth-order valence-corrected chi connectivity index (χ4v) is 3.69. The molecule has 0 saturated carbocycles. The van der Waals surface area contributed by atoms with Gasteiger partial charge in [0.1, 0.15) is 11.6 Å². The third-order valence-corrected chi connectivity index (χ3v) is 5.19. The molecular weight excluding hydrogens is 376 g/mol. The molecule has 0 aliphatic rings. The first-order valence-corrected chi connectivity index (χ1v) is 9.91. The van der Waals surface area contributed by atoms with Crippen LogP contribution in [0.5, 0.6) is 5.75 Å². The number of phenols is 1. The van der Waals surface area contributed by atoms with Crippen LogP contribution in [0.2, 0.25) is 0 Å². The van der Waals surface area contributed by atoms with Gasteiger partial charge in [0.2, 0.25) is 5.95 Å². The molecule has 0 aliphatic heterocycles. The Kier molecular flexibility index (Phi) is 4.69. The van der Waals surface area contributed by atoms with E-state index in [1.807, 2.05) is 30.6 Å². The first-order chi connectivity index (χ1) is 14.8. The molecule has 7 heteroatoms. The maximum atomic E-state index is 10.1. The third-order valence-electron chi connectivity index (χ3n) is 5.19. The Labute approximate surface area is 173 Å². The monoisotopic (exact) mass is 398 g/mol. The lowest BCUT2D eigenvalue weighted by Gasteiger charge is -2.09. The number of fused-ring (bicyclic) bond motifs is 2. The number of H-pyrrole nitrogens is 2. The molecule has 5 aromatic rings. The van der Waals surface area contributed by atoms with Crippen LogP contribution in [0.4, 0.5) is 11.8 Å². The van der Waals surface area contributed by atoms with E-state index in [1.54, 1.807) is 12.3 Å². The number of aromatic hydroxyl groups is 1. The summed E-state index contributed by atoms with van der Waals surface area (Å²) in [5, 5.41) is 18.8. The Hall–Kier alpha value is -4.00. The van der Waals surface area contributed by atoms with Crippen molar-refractivity contribution in [2.75, 3.05) is 17.2 Å². The van der Waals surface area contributed by atoms with Crippen molar-refractivity contribution in [2.24, 2.45) is 0 Å². The molecule has 0 spiro atoms. The van der Waals surface area contributed by atoms with Gasteiger partial charge < -0.3 is 25.7 Å². The number of phenolic OH excluding ortho intramolecular Hbond substituents is 1. The van der Waals surface area contributed by atoms with E-state index in [0.29, 0.717) is 24.8 Å². The number of rotatable bonds is 7. The molecule has 0 fully saturated rings. The van der Waals surface area contributed by atoms with Crippen LogP contribution in [0.3, 0.4) is 0 Å². The van der Waals surface area contributed by atoms with Gasteiger partial charge in [-0.25, -0.2) is 4.98 Å². The Balaban J connectivity index is 1.20. The van der Waals surface area contributed by atoms with Gasteiger partial charge in [-0.05, 0) is 59.3 Å². The maximum Gasteiger partial charge on any atom is 0.224 e. The van der Waals surface area contributed by atoms with Gasteiger partial charge in [0, 0.05) is 48.1 Å². The lowest BCUT2D eigenvalue weighted by molar-refractivity contribution is 0.481. The molecule has 150 valence electrons. The molecule has 3 aromatic heterocycles. The van der Waals surface area contributed by atoms with Gasteiger partial charge in [0.25, 0.3) is 0 Å².